The van der Waals surface area contributed by atoms with Crippen LogP contribution in [-0.4, -0.2) is 19.7 Å². The second kappa shape index (κ2) is 5.31. The van der Waals surface area contributed by atoms with Gasteiger partial charge in [-0.05, 0) is 24.8 Å². The number of rotatable bonds is 5. The number of benzene rings is 1. The first-order chi connectivity index (χ1) is 8.57. The third kappa shape index (κ3) is 2.54. The molecule has 1 N–H and O–H groups in total. The fourth-order valence-electron chi connectivity index (χ4n) is 3.22. The molecule has 18 heavy (non-hydrogen) atoms. The van der Waals surface area contributed by atoms with Gasteiger partial charge in [-0.2, -0.15) is 0 Å². The quantitative estimate of drug-likeness (QED) is 0.861. The molecule has 0 aromatic heterocycles. The lowest BCUT2D eigenvalue weighted by Crippen LogP contribution is -2.49. The molecule has 0 atom stereocenters. The molecule has 1 fully saturated rings. The van der Waals surface area contributed by atoms with Crippen molar-refractivity contribution in [2.75, 3.05) is 13.7 Å². The van der Waals surface area contributed by atoms with E-state index in [9.17, 15) is 0 Å². The Bertz CT molecular complexity index is 394. The summed E-state index contributed by atoms with van der Waals surface area (Å²) in [5.41, 5.74) is 1.65. The molecule has 0 unspecified atom stereocenters. The Kier molecular flexibility index (Phi) is 3.96. The van der Waals surface area contributed by atoms with Gasteiger partial charge in [-0.25, -0.2) is 0 Å². The van der Waals surface area contributed by atoms with Crippen LogP contribution < -0.4 is 10.1 Å². The number of hydrogen-bond donors (Lipinski definition) is 1. The molecule has 1 saturated carbocycles. The first-order valence-corrected chi connectivity index (χ1v) is 6.94. The van der Waals surface area contributed by atoms with Crippen LogP contribution in [0.1, 0.15) is 39.2 Å². The fourth-order valence-corrected chi connectivity index (χ4v) is 3.22. The van der Waals surface area contributed by atoms with Gasteiger partial charge in [-0.15, -0.1) is 0 Å². The fraction of sp³-hybridized carbons (Fsp3) is 0.625. The molecular formula is C16H25NO. The highest BCUT2D eigenvalue weighted by Crippen LogP contribution is 2.49. The summed E-state index contributed by atoms with van der Waals surface area (Å²) in [7, 11) is 1.77. The predicted octanol–water partition coefficient (Wildman–Crippen LogP) is 3.36. The summed E-state index contributed by atoms with van der Waals surface area (Å²) >= 11 is 0. The summed E-state index contributed by atoms with van der Waals surface area (Å²) in [6, 6.07) is 9.01. The molecule has 0 amide bonds. The van der Waals surface area contributed by atoms with Crippen molar-refractivity contribution in [3.05, 3.63) is 29.8 Å². The number of nitrogens with one attached hydrogen (secondary N) is 1. The van der Waals surface area contributed by atoms with Crippen LogP contribution in [0.5, 0.6) is 5.75 Å². The number of methoxy groups -OCH3 is 1. The van der Waals surface area contributed by atoms with Crippen molar-refractivity contribution in [1.29, 1.82) is 0 Å². The summed E-state index contributed by atoms with van der Waals surface area (Å²) in [4.78, 5) is 0. The minimum Gasteiger partial charge on any atom is -0.496 e. The van der Waals surface area contributed by atoms with Crippen molar-refractivity contribution in [2.24, 2.45) is 5.92 Å². The van der Waals surface area contributed by atoms with E-state index >= 15 is 0 Å². The molecular weight excluding hydrogens is 222 g/mol. The molecule has 1 aliphatic carbocycles. The molecule has 1 aromatic carbocycles. The number of para-hydroxylation sites is 1. The largest absolute Gasteiger partial charge is 0.496 e. The van der Waals surface area contributed by atoms with Gasteiger partial charge in [0.2, 0.25) is 0 Å². The van der Waals surface area contributed by atoms with E-state index in [-0.39, 0.29) is 5.41 Å². The highest BCUT2D eigenvalue weighted by molar-refractivity contribution is 5.42. The van der Waals surface area contributed by atoms with E-state index in [4.69, 9.17) is 4.74 Å². The van der Waals surface area contributed by atoms with Gasteiger partial charge in [0.15, 0.2) is 0 Å². The third-order valence-corrected chi connectivity index (χ3v) is 4.01. The molecule has 0 bridgehead atoms. The summed E-state index contributed by atoms with van der Waals surface area (Å²) in [5.74, 6) is 1.86. The average molecular weight is 247 g/mol. The smallest absolute Gasteiger partial charge is 0.122 e. The van der Waals surface area contributed by atoms with E-state index < -0.39 is 0 Å². The Balaban J connectivity index is 2.24. The van der Waals surface area contributed by atoms with Crippen LogP contribution in [0.3, 0.4) is 0 Å². The molecule has 0 radical (unpaired) electrons. The lowest BCUT2D eigenvalue weighted by molar-refractivity contribution is 0.145. The Morgan fingerprint density at radius 3 is 2.56 bits per heavy atom. The Morgan fingerprint density at radius 1 is 1.33 bits per heavy atom. The summed E-state index contributed by atoms with van der Waals surface area (Å²) in [6.45, 7) is 7.80. The number of hydrogen-bond acceptors (Lipinski definition) is 2. The minimum atomic E-state index is 0.274. The summed E-state index contributed by atoms with van der Waals surface area (Å²) in [5, 5.41) is 3.60. The van der Waals surface area contributed by atoms with Crippen LogP contribution in [0.2, 0.25) is 0 Å². The Labute approximate surface area is 111 Å². The van der Waals surface area contributed by atoms with Gasteiger partial charge >= 0.3 is 0 Å². The third-order valence-electron chi connectivity index (χ3n) is 4.01. The van der Waals surface area contributed by atoms with Gasteiger partial charge in [0.1, 0.15) is 5.75 Å². The van der Waals surface area contributed by atoms with Crippen molar-refractivity contribution >= 4 is 0 Å². The van der Waals surface area contributed by atoms with Gasteiger partial charge < -0.3 is 10.1 Å². The molecule has 2 heteroatoms. The highest BCUT2D eigenvalue weighted by atomic mass is 16.5. The second-order valence-electron chi connectivity index (χ2n) is 6.03. The van der Waals surface area contributed by atoms with E-state index in [0.717, 1.165) is 18.2 Å². The first-order valence-electron chi connectivity index (χ1n) is 6.94. The average Bonchev–Trinajstić information content (AvgIpc) is 2.33. The molecule has 2 nitrogen and oxygen atoms in total. The van der Waals surface area contributed by atoms with Crippen LogP contribution in [0.15, 0.2) is 24.3 Å². The molecule has 0 aliphatic heterocycles. The molecule has 0 saturated heterocycles. The SMILES string of the molecule is COc1ccccc1C1(CNC(C)C)CC(C)C1. The van der Waals surface area contributed by atoms with Gasteiger partial charge in [0.25, 0.3) is 0 Å². The van der Waals surface area contributed by atoms with Crippen molar-refractivity contribution in [2.45, 2.75) is 45.1 Å². The zero-order valence-corrected chi connectivity index (χ0v) is 12.0. The minimum absolute atomic E-state index is 0.274. The summed E-state index contributed by atoms with van der Waals surface area (Å²) in [6.07, 6.45) is 2.51. The molecule has 1 aromatic rings. The van der Waals surface area contributed by atoms with Crippen molar-refractivity contribution < 1.29 is 4.74 Å². The second-order valence-corrected chi connectivity index (χ2v) is 6.03. The van der Waals surface area contributed by atoms with Crippen molar-refractivity contribution in [3.63, 3.8) is 0 Å². The monoisotopic (exact) mass is 247 g/mol. The van der Waals surface area contributed by atoms with Crippen LogP contribution in [0, 0.1) is 5.92 Å². The van der Waals surface area contributed by atoms with Gasteiger partial charge in [-0.3, -0.25) is 0 Å². The lowest BCUT2D eigenvalue weighted by Gasteiger charge is -2.48. The molecule has 100 valence electrons. The van der Waals surface area contributed by atoms with E-state index in [1.165, 1.54) is 18.4 Å². The van der Waals surface area contributed by atoms with Crippen LogP contribution in [0.25, 0.3) is 0 Å². The maximum absolute atomic E-state index is 5.54. The molecule has 0 heterocycles. The van der Waals surface area contributed by atoms with E-state index in [0.29, 0.717) is 6.04 Å². The van der Waals surface area contributed by atoms with Crippen LogP contribution >= 0.6 is 0 Å². The topological polar surface area (TPSA) is 21.3 Å². The van der Waals surface area contributed by atoms with E-state index in [2.05, 4.69) is 44.3 Å². The number of ether oxygens (including phenoxy) is 1. The molecule has 2 rings (SSSR count). The maximum atomic E-state index is 5.54. The van der Waals surface area contributed by atoms with Gasteiger partial charge in [0.05, 0.1) is 7.11 Å². The van der Waals surface area contributed by atoms with E-state index in [1.807, 2.05) is 6.07 Å². The highest BCUT2D eigenvalue weighted by Gasteiger charge is 2.44. The van der Waals surface area contributed by atoms with Crippen LogP contribution in [0.4, 0.5) is 0 Å². The zero-order valence-electron chi connectivity index (χ0n) is 12.0. The lowest BCUT2D eigenvalue weighted by atomic mass is 9.59. The molecule has 0 spiro atoms. The van der Waals surface area contributed by atoms with Crippen molar-refractivity contribution in [1.82, 2.24) is 5.32 Å². The zero-order chi connectivity index (χ0) is 13.2. The van der Waals surface area contributed by atoms with Gasteiger partial charge in [0, 0.05) is 23.6 Å². The van der Waals surface area contributed by atoms with Gasteiger partial charge in [-0.1, -0.05) is 39.0 Å². The normalized spacial score (nSPS) is 27.1. The summed E-state index contributed by atoms with van der Waals surface area (Å²) < 4.78 is 5.54. The standard InChI is InChI=1S/C16H25NO/c1-12(2)17-11-16(9-13(3)10-16)14-7-5-6-8-15(14)18-4/h5-8,12-13,17H,9-11H2,1-4H3. The molecule has 1 aliphatic rings. The maximum Gasteiger partial charge on any atom is 0.122 e. The van der Waals surface area contributed by atoms with Crippen LogP contribution in [-0.2, 0) is 5.41 Å². The Hall–Kier alpha value is -1.02. The predicted molar refractivity (Wildman–Crippen MR) is 76.2 cm³/mol. The van der Waals surface area contributed by atoms with Crippen molar-refractivity contribution in [3.8, 4) is 5.75 Å². The first kappa shape index (κ1) is 13.4. The Morgan fingerprint density at radius 2 is 2.00 bits per heavy atom. The van der Waals surface area contributed by atoms with E-state index in [1.54, 1.807) is 7.11 Å².